The van der Waals surface area contributed by atoms with Gasteiger partial charge in [0.1, 0.15) is 5.58 Å². The lowest BCUT2D eigenvalue weighted by Crippen LogP contribution is -2.04. The van der Waals surface area contributed by atoms with E-state index in [1.54, 1.807) is 31.4 Å². The van der Waals surface area contributed by atoms with Crippen molar-refractivity contribution in [3.8, 4) is 11.5 Å². The Labute approximate surface area is 134 Å². The molecule has 0 fully saturated rings. The second kappa shape index (κ2) is 5.53. The van der Waals surface area contributed by atoms with Crippen LogP contribution in [0.2, 0.25) is 0 Å². The van der Waals surface area contributed by atoms with Gasteiger partial charge < -0.3 is 19.6 Å². The third-order valence-electron chi connectivity index (χ3n) is 3.44. The van der Waals surface area contributed by atoms with Gasteiger partial charge in [-0.2, -0.15) is 0 Å². The maximum Gasteiger partial charge on any atom is 0.345 e. The lowest BCUT2D eigenvalue weighted by atomic mass is 10.1. The van der Waals surface area contributed by atoms with Gasteiger partial charge in [-0.25, -0.2) is 4.79 Å². The molecule has 2 N–H and O–H groups in total. The largest absolute Gasteiger partial charge is 0.492 e. The van der Waals surface area contributed by atoms with E-state index in [-0.39, 0.29) is 0 Å². The topological polar surface area (TPSA) is 74.7 Å². The van der Waals surface area contributed by atoms with E-state index in [0.29, 0.717) is 50.0 Å². The third-order valence-corrected chi connectivity index (χ3v) is 4.29. The Bertz CT molecular complexity index is 933. The quantitative estimate of drug-likeness (QED) is 0.436. The lowest BCUT2D eigenvalue weighted by Gasteiger charge is -2.13. The second-order valence-corrected chi connectivity index (χ2v) is 5.48. The Morgan fingerprint density at radius 1 is 1.23 bits per heavy atom. The van der Waals surface area contributed by atoms with Gasteiger partial charge >= 0.3 is 5.63 Å². The fourth-order valence-corrected chi connectivity index (χ4v) is 3.02. The van der Waals surface area contributed by atoms with Crippen molar-refractivity contribution in [1.29, 1.82) is 0 Å². The van der Waals surface area contributed by atoms with E-state index in [9.17, 15) is 4.79 Å². The summed E-state index contributed by atoms with van der Waals surface area (Å²) in [4.78, 5) is 12.3. The molecule has 0 saturated heterocycles. The molecule has 5 nitrogen and oxygen atoms in total. The van der Waals surface area contributed by atoms with Crippen molar-refractivity contribution in [2.75, 3.05) is 19.5 Å². The Kier molecular flexibility index (Phi) is 3.70. The zero-order valence-electron chi connectivity index (χ0n) is 12.1. The maximum atomic E-state index is 12.3. The number of halogens is 1. The molecule has 0 saturated carbocycles. The van der Waals surface area contributed by atoms with Gasteiger partial charge in [0, 0.05) is 11.1 Å². The van der Waals surface area contributed by atoms with Crippen LogP contribution in [-0.2, 0) is 0 Å². The first-order valence-corrected chi connectivity index (χ1v) is 7.52. The van der Waals surface area contributed by atoms with Gasteiger partial charge in [0.15, 0.2) is 11.5 Å². The van der Waals surface area contributed by atoms with Gasteiger partial charge in [0.25, 0.3) is 0 Å². The average Bonchev–Trinajstić information content (AvgIpc) is 2.51. The summed E-state index contributed by atoms with van der Waals surface area (Å²) < 4.78 is 17.0. The van der Waals surface area contributed by atoms with Crippen LogP contribution in [0.1, 0.15) is 6.92 Å². The Morgan fingerprint density at radius 3 is 2.68 bits per heavy atom. The van der Waals surface area contributed by atoms with Gasteiger partial charge in [0.05, 0.1) is 29.0 Å². The number of fused-ring (bicyclic) bond motifs is 3. The monoisotopic (exact) mass is 363 g/mol. The average molecular weight is 364 g/mol. The lowest BCUT2D eigenvalue weighted by molar-refractivity contribution is 0.313. The van der Waals surface area contributed by atoms with E-state index in [0.717, 1.165) is 0 Å². The molecule has 1 aromatic heterocycles. The van der Waals surface area contributed by atoms with Crippen LogP contribution in [0.3, 0.4) is 0 Å². The highest BCUT2D eigenvalue weighted by molar-refractivity contribution is 9.10. The summed E-state index contributed by atoms with van der Waals surface area (Å²) in [6.07, 6.45) is 0. The summed E-state index contributed by atoms with van der Waals surface area (Å²) in [5.74, 6) is 1.13. The number of benzene rings is 2. The van der Waals surface area contributed by atoms with Crippen LogP contribution in [0.5, 0.6) is 11.5 Å². The molecule has 1 heterocycles. The predicted molar refractivity (Wildman–Crippen MR) is 89.8 cm³/mol. The molecule has 0 bridgehead atoms. The summed E-state index contributed by atoms with van der Waals surface area (Å²) >= 11 is 3.36. The minimum Gasteiger partial charge on any atom is -0.492 e. The van der Waals surface area contributed by atoms with Crippen molar-refractivity contribution in [3.05, 3.63) is 39.2 Å². The predicted octanol–water partition coefficient (Wildman–Crippen LogP) is 3.70. The number of nitrogen functional groups attached to an aromatic ring is 1. The fourth-order valence-electron chi connectivity index (χ4n) is 2.51. The number of hydrogen-bond donors (Lipinski definition) is 1. The van der Waals surface area contributed by atoms with Crippen molar-refractivity contribution in [3.63, 3.8) is 0 Å². The minimum atomic E-state index is -0.451. The van der Waals surface area contributed by atoms with Gasteiger partial charge in [0.2, 0.25) is 0 Å². The molecule has 0 unspecified atom stereocenters. The molecule has 3 rings (SSSR count). The Morgan fingerprint density at radius 2 is 2.00 bits per heavy atom. The van der Waals surface area contributed by atoms with Crippen molar-refractivity contribution >= 4 is 43.4 Å². The number of anilines is 1. The summed E-state index contributed by atoms with van der Waals surface area (Å²) in [7, 11) is 1.56. The molecule has 2 aromatic carbocycles. The van der Waals surface area contributed by atoms with Crippen LogP contribution in [0.15, 0.2) is 37.9 Å². The molecule has 0 amide bonds. The number of methoxy groups -OCH3 is 1. The first-order valence-electron chi connectivity index (χ1n) is 6.72. The normalized spacial score (nSPS) is 11.0. The smallest absolute Gasteiger partial charge is 0.345 e. The summed E-state index contributed by atoms with van der Waals surface area (Å²) in [6.45, 7) is 2.40. The highest BCUT2D eigenvalue weighted by Crippen LogP contribution is 2.40. The van der Waals surface area contributed by atoms with E-state index in [4.69, 9.17) is 19.6 Å². The molecular weight excluding hydrogens is 350 g/mol. The number of ether oxygens (including phenoxy) is 2. The molecule has 0 aliphatic rings. The van der Waals surface area contributed by atoms with Gasteiger partial charge in [-0.3, -0.25) is 0 Å². The Hall–Kier alpha value is -2.21. The van der Waals surface area contributed by atoms with Gasteiger partial charge in [-0.05, 0) is 41.1 Å². The standard InChI is InChI=1S/C16H14BrNO4/c1-3-21-11-7-6-10-12(15(11)20-2)8-4-5-9(18)14(17)13(8)16(19)22-10/h4-7H,3,18H2,1-2H3. The summed E-state index contributed by atoms with van der Waals surface area (Å²) in [6, 6.07) is 6.95. The van der Waals surface area contributed by atoms with Crippen molar-refractivity contribution in [2.24, 2.45) is 0 Å². The molecule has 0 atom stereocenters. The summed E-state index contributed by atoms with van der Waals surface area (Å²) in [5.41, 5.74) is 6.32. The first kappa shape index (κ1) is 14.7. The summed E-state index contributed by atoms with van der Waals surface area (Å²) in [5, 5.41) is 1.77. The van der Waals surface area contributed by atoms with Gasteiger partial charge in [-0.15, -0.1) is 0 Å². The zero-order valence-corrected chi connectivity index (χ0v) is 13.7. The van der Waals surface area contributed by atoms with Crippen LogP contribution in [0.25, 0.3) is 21.7 Å². The van der Waals surface area contributed by atoms with E-state index in [1.807, 2.05) is 6.92 Å². The SMILES string of the molecule is CCOc1ccc2oc(=O)c3c(Br)c(N)ccc3c2c1OC. The zero-order chi connectivity index (χ0) is 15.9. The molecule has 3 aromatic rings. The van der Waals surface area contributed by atoms with Crippen molar-refractivity contribution in [1.82, 2.24) is 0 Å². The first-order chi connectivity index (χ1) is 10.6. The van der Waals surface area contributed by atoms with Crippen molar-refractivity contribution in [2.45, 2.75) is 6.92 Å². The highest BCUT2D eigenvalue weighted by atomic mass is 79.9. The van der Waals surface area contributed by atoms with Crippen molar-refractivity contribution < 1.29 is 13.9 Å². The fraction of sp³-hybridized carbons (Fsp3) is 0.188. The van der Waals surface area contributed by atoms with Crippen LogP contribution >= 0.6 is 15.9 Å². The highest BCUT2D eigenvalue weighted by Gasteiger charge is 2.18. The van der Waals surface area contributed by atoms with Gasteiger partial charge in [-0.1, -0.05) is 6.07 Å². The van der Waals surface area contributed by atoms with Crippen LogP contribution in [0.4, 0.5) is 5.69 Å². The molecular formula is C16H14BrNO4. The number of hydrogen-bond acceptors (Lipinski definition) is 5. The maximum absolute atomic E-state index is 12.3. The molecule has 0 radical (unpaired) electrons. The van der Waals surface area contributed by atoms with E-state index in [1.165, 1.54) is 0 Å². The van der Waals surface area contributed by atoms with Crippen LogP contribution in [0, 0.1) is 0 Å². The number of rotatable bonds is 3. The minimum absolute atomic E-state index is 0.388. The third kappa shape index (κ3) is 2.11. The molecule has 0 aliphatic carbocycles. The van der Waals surface area contributed by atoms with Crippen LogP contribution < -0.4 is 20.8 Å². The number of nitrogens with two attached hydrogens (primary N) is 1. The van der Waals surface area contributed by atoms with Crippen LogP contribution in [-0.4, -0.2) is 13.7 Å². The van der Waals surface area contributed by atoms with E-state index in [2.05, 4.69) is 15.9 Å². The Balaban J connectivity index is 2.56. The molecule has 6 heteroatoms. The molecule has 22 heavy (non-hydrogen) atoms. The second-order valence-electron chi connectivity index (χ2n) is 4.68. The van der Waals surface area contributed by atoms with E-state index < -0.39 is 5.63 Å². The molecule has 114 valence electrons. The molecule has 0 spiro atoms. The van der Waals surface area contributed by atoms with E-state index >= 15 is 0 Å². The molecule has 0 aliphatic heterocycles.